The summed E-state index contributed by atoms with van der Waals surface area (Å²) >= 11 is 0. The van der Waals surface area contributed by atoms with Gasteiger partial charge in [0.2, 0.25) is 0 Å². The molecule has 0 aliphatic rings. The van der Waals surface area contributed by atoms with Crippen LogP contribution in [0.4, 0.5) is 13.2 Å². The van der Waals surface area contributed by atoms with Gasteiger partial charge in [-0.15, -0.1) is 0 Å². The van der Waals surface area contributed by atoms with Crippen molar-refractivity contribution in [2.75, 3.05) is 12.8 Å². The molecule has 0 aliphatic heterocycles. The molecule has 20 heavy (non-hydrogen) atoms. The van der Waals surface area contributed by atoms with Gasteiger partial charge in [-0.3, -0.25) is 0 Å². The molecule has 1 N–H and O–H groups in total. The zero-order chi connectivity index (χ0) is 15.5. The Morgan fingerprint density at radius 2 is 1.70 bits per heavy atom. The number of hydrogen-bond donors (Lipinski definition) is 1. The maximum atomic E-state index is 13.8. The van der Waals surface area contributed by atoms with Crippen molar-refractivity contribution >= 4 is 9.84 Å². The monoisotopic (exact) mass is 309 g/mol. The molecule has 2 atom stereocenters. The Labute approximate surface area is 117 Å². The van der Waals surface area contributed by atoms with E-state index in [-0.39, 0.29) is 0 Å². The quantitative estimate of drug-likeness (QED) is 0.878. The highest BCUT2D eigenvalue weighted by atomic mass is 32.2. The van der Waals surface area contributed by atoms with Crippen molar-refractivity contribution in [1.82, 2.24) is 5.32 Å². The van der Waals surface area contributed by atoms with Crippen molar-refractivity contribution in [2.45, 2.75) is 31.6 Å². The van der Waals surface area contributed by atoms with E-state index in [1.54, 1.807) is 0 Å². The van der Waals surface area contributed by atoms with Gasteiger partial charge in [0.05, 0.1) is 11.3 Å². The molecule has 1 aromatic rings. The van der Waals surface area contributed by atoms with E-state index >= 15 is 0 Å². The Balaban J connectivity index is 3.31. The second-order valence-corrected chi connectivity index (χ2v) is 7.15. The molecule has 0 spiro atoms. The molecule has 0 heterocycles. The molecular weight excluding hydrogens is 291 g/mol. The summed E-state index contributed by atoms with van der Waals surface area (Å²) in [6, 6.07) is 0.0350. The van der Waals surface area contributed by atoms with Gasteiger partial charge in [0.25, 0.3) is 0 Å². The van der Waals surface area contributed by atoms with E-state index in [4.69, 9.17) is 0 Å². The van der Waals surface area contributed by atoms with Gasteiger partial charge >= 0.3 is 0 Å². The Kier molecular flexibility index (Phi) is 5.59. The molecule has 114 valence electrons. The number of rotatable bonds is 6. The van der Waals surface area contributed by atoms with Crippen LogP contribution in [0.1, 0.15) is 31.9 Å². The minimum Gasteiger partial charge on any atom is -0.309 e. The summed E-state index contributed by atoms with van der Waals surface area (Å²) in [5.74, 6) is -3.22. The third-order valence-electron chi connectivity index (χ3n) is 3.11. The van der Waals surface area contributed by atoms with Gasteiger partial charge in [-0.05, 0) is 19.9 Å². The predicted octanol–water partition coefficient (Wildman–Crippen LogP) is 2.58. The molecule has 0 aromatic heterocycles. The molecule has 3 nitrogen and oxygen atoms in total. The number of nitrogens with one attached hydrogen (secondary N) is 1. The molecule has 0 radical (unpaired) electrons. The van der Waals surface area contributed by atoms with E-state index in [0.29, 0.717) is 25.1 Å². The van der Waals surface area contributed by atoms with Crippen LogP contribution in [-0.2, 0) is 9.84 Å². The lowest BCUT2D eigenvalue weighted by molar-refractivity contribution is 0.445. The van der Waals surface area contributed by atoms with Crippen LogP contribution in [0.3, 0.4) is 0 Å². The third-order valence-corrected chi connectivity index (χ3v) is 4.74. The van der Waals surface area contributed by atoms with Crippen LogP contribution in [-0.4, -0.2) is 26.5 Å². The maximum absolute atomic E-state index is 13.8. The molecule has 2 unspecified atom stereocenters. The third kappa shape index (κ3) is 3.96. The van der Waals surface area contributed by atoms with Crippen LogP contribution >= 0.6 is 0 Å². The normalized spacial score (nSPS) is 15.1. The predicted molar refractivity (Wildman–Crippen MR) is 71.7 cm³/mol. The van der Waals surface area contributed by atoms with Crippen molar-refractivity contribution in [3.63, 3.8) is 0 Å². The summed E-state index contributed by atoms with van der Waals surface area (Å²) in [5.41, 5.74) is -0.447. The molecule has 0 aliphatic carbocycles. The molecule has 0 amide bonds. The van der Waals surface area contributed by atoms with Crippen LogP contribution in [0.2, 0.25) is 0 Å². The molecule has 0 fully saturated rings. The molecule has 0 saturated carbocycles. The molecule has 1 aromatic carbocycles. The summed E-state index contributed by atoms with van der Waals surface area (Å²) in [4.78, 5) is 0. The second kappa shape index (κ2) is 6.58. The highest BCUT2D eigenvalue weighted by Gasteiger charge is 2.31. The van der Waals surface area contributed by atoms with E-state index in [1.807, 2.05) is 6.92 Å². The second-order valence-electron chi connectivity index (χ2n) is 4.75. The molecule has 0 bridgehead atoms. The van der Waals surface area contributed by atoms with Crippen molar-refractivity contribution in [1.29, 1.82) is 0 Å². The van der Waals surface area contributed by atoms with Gasteiger partial charge in [-0.25, -0.2) is 21.6 Å². The highest BCUT2D eigenvalue weighted by molar-refractivity contribution is 7.91. The summed E-state index contributed by atoms with van der Waals surface area (Å²) < 4.78 is 63.9. The fourth-order valence-corrected chi connectivity index (χ4v) is 2.63. The first kappa shape index (κ1) is 17.0. The summed E-state index contributed by atoms with van der Waals surface area (Å²) in [6.07, 6.45) is 1.66. The SMILES string of the molecule is CCCNC(c1c(F)cc(F)cc1F)C(C)S(C)(=O)=O. The lowest BCUT2D eigenvalue weighted by Crippen LogP contribution is -2.36. The minimum absolute atomic E-state index is 0.390. The van der Waals surface area contributed by atoms with Gasteiger partial charge in [0.15, 0.2) is 9.84 Å². The average molecular weight is 309 g/mol. The van der Waals surface area contributed by atoms with Crippen LogP contribution in [0.25, 0.3) is 0 Å². The number of sulfone groups is 1. The smallest absolute Gasteiger partial charge is 0.151 e. The van der Waals surface area contributed by atoms with E-state index < -0.39 is 44.1 Å². The van der Waals surface area contributed by atoms with Gasteiger partial charge in [-0.2, -0.15) is 0 Å². The zero-order valence-corrected chi connectivity index (χ0v) is 12.4. The van der Waals surface area contributed by atoms with Gasteiger partial charge in [0.1, 0.15) is 17.5 Å². The van der Waals surface area contributed by atoms with Crippen molar-refractivity contribution < 1.29 is 21.6 Å². The lowest BCUT2D eigenvalue weighted by Gasteiger charge is -2.25. The average Bonchev–Trinajstić information content (AvgIpc) is 2.30. The Morgan fingerprint density at radius 1 is 1.20 bits per heavy atom. The summed E-state index contributed by atoms with van der Waals surface area (Å²) in [6.45, 7) is 3.60. The van der Waals surface area contributed by atoms with Crippen molar-refractivity contribution in [3.05, 3.63) is 35.1 Å². The Morgan fingerprint density at radius 3 is 2.10 bits per heavy atom. The van der Waals surface area contributed by atoms with Crippen LogP contribution in [0, 0.1) is 17.5 Å². The highest BCUT2D eigenvalue weighted by Crippen LogP contribution is 2.27. The van der Waals surface area contributed by atoms with E-state index in [0.717, 1.165) is 6.26 Å². The van der Waals surface area contributed by atoms with E-state index in [2.05, 4.69) is 5.32 Å². The number of hydrogen-bond acceptors (Lipinski definition) is 3. The molecule has 7 heteroatoms. The summed E-state index contributed by atoms with van der Waals surface area (Å²) in [5, 5.41) is 1.77. The first-order valence-electron chi connectivity index (χ1n) is 6.25. The van der Waals surface area contributed by atoms with Crippen LogP contribution < -0.4 is 5.32 Å². The molecule has 1 rings (SSSR count). The summed E-state index contributed by atoms with van der Waals surface area (Å²) in [7, 11) is -3.51. The van der Waals surface area contributed by atoms with Crippen molar-refractivity contribution in [2.24, 2.45) is 0 Å². The fourth-order valence-electron chi connectivity index (χ4n) is 1.90. The van der Waals surface area contributed by atoms with Gasteiger partial charge in [-0.1, -0.05) is 6.92 Å². The van der Waals surface area contributed by atoms with E-state index in [9.17, 15) is 21.6 Å². The standard InChI is InChI=1S/C13H18F3NO2S/c1-4-5-17-13(8(2)20(3,18)19)12-10(15)6-9(14)7-11(12)16/h6-8,13,17H,4-5H2,1-3H3. The van der Waals surface area contributed by atoms with Crippen molar-refractivity contribution in [3.8, 4) is 0 Å². The van der Waals surface area contributed by atoms with Crippen LogP contribution in [0.15, 0.2) is 12.1 Å². The molecule has 0 saturated heterocycles. The van der Waals surface area contributed by atoms with E-state index in [1.165, 1.54) is 6.92 Å². The minimum atomic E-state index is -3.51. The maximum Gasteiger partial charge on any atom is 0.151 e. The van der Waals surface area contributed by atoms with Crippen LogP contribution in [0.5, 0.6) is 0 Å². The first-order chi connectivity index (χ1) is 9.18. The number of benzene rings is 1. The largest absolute Gasteiger partial charge is 0.309 e. The molecular formula is C13H18F3NO2S. The fraction of sp³-hybridized carbons (Fsp3) is 0.538. The zero-order valence-electron chi connectivity index (χ0n) is 11.6. The van der Waals surface area contributed by atoms with Gasteiger partial charge in [0, 0.05) is 24.0 Å². The number of halogens is 3. The Bertz CT molecular complexity index is 552. The lowest BCUT2D eigenvalue weighted by atomic mass is 10.0. The Hall–Kier alpha value is -1.08. The van der Waals surface area contributed by atoms with Gasteiger partial charge < -0.3 is 5.32 Å². The topological polar surface area (TPSA) is 46.2 Å². The first-order valence-corrected chi connectivity index (χ1v) is 8.20.